The number of esters is 1. The van der Waals surface area contributed by atoms with Gasteiger partial charge in [-0.1, -0.05) is 87.0 Å². The van der Waals surface area contributed by atoms with Crippen molar-refractivity contribution in [1.29, 1.82) is 0 Å². The minimum Gasteiger partial charge on any atom is -0.461 e. The second-order valence-electron chi connectivity index (χ2n) is 9.79. The minimum absolute atomic E-state index is 0.0108. The molecule has 0 radical (unpaired) electrons. The molecule has 0 aliphatic heterocycles. The Morgan fingerprint density at radius 1 is 0.966 bits per heavy atom. The van der Waals surface area contributed by atoms with Crippen molar-refractivity contribution < 1.29 is 22.7 Å². The van der Waals surface area contributed by atoms with Crippen molar-refractivity contribution in [3.05, 3.63) is 0 Å². The van der Waals surface area contributed by atoms with Crippen molar-refractivity contribution >= 4 is 5.97 Å². The molecular weight excluding hydrogens is 377 g/mol. The molecule has 2 nitrogen and oxygen atoms in total. The van der Waals surface area contributed by atoms with Crippen LogP contribution in [0.15, 0.2) is 0 Å². The van der Waals surface area contributed by atoms with Crippen LogP contribution >= 0.6 is 0 Å². The summed E-state index contributed by atoms with van der Waals surface area (Å²) in [5, 5.41) is 0. The van der Waals surface area contributed by atoms with Crippen molar-refractivity contribution in [3.8, 4) is 0 Å². The van der Waals surface area contributed by atoms with E-state index in [1.807, 2.05) is 27.7 Å². The summed E-state index contributed by atoms with van der Waals surface area (Å²) in [6, 6.07) is 0. The molecule has 1 fully saturated rings. The summed E-state index contributed by atoms with van der Waals surface area (Å²) in [4.78, 5) is 11.8. The fourth-order valence-corrected chi connectivity index (χ4v) is 3.91. The highest BCUT2D eigenvalue weighted by molar-refractivity contribution is 5.77. The second-order valence-corrected chi connectivity index (χ2v) is 9.79. The van der Waals surface area contributed by atoms with Gasteiger partial charge >= 0.3 is 12.1 Å². The molecule has 1 rings (SSSR count). The number of halogens is 3. The number of carbonyl (C=O) groups excluding carboxylic acids is 1. The second kappa shape index (κ2) is 12.8. The Bertz CT molecular complexity index is 446. The highest BCUT2D eigenvalue weighted by Gasteiger charge is 2.57. The maximum absolute atomic E-state index is 12.9. The standard InChI is InChI=1S/C13H23F3O2.C11H22/c1-7-12(6,13(14,15)16)11(17)18-10(8(2)3)9(4)5;1-3-10(2)9-11-7-5-4-6-8-11/h8-10H,7H2,1-6H3;10-11H,3-9H2,1-2H3. The number of ether oxygens (including phenoxy) is 1. The van der Waals surface area contributed by atoms with Crippen LogP contribution in [-0.4, -0.2) is 18.2 Å². The van der Waals surface area contributed by atoms with E-state index in [2.05, 4.69) is 13.8 Å². The van der Waals surface area contributed by atoms with Crippen LogP contribution in [0.1, 0.15) is 107 Å². The van der Waals surface area contributed by atoms with Crippen LogP contribution in [0.5, 0.6) is 0 Å². The molecule has 1 aliphatic carbocycles. The van der Waals surface area contributed by atoms with E-state index in [1.165, 1.54) is 51.9 Å². The Balaban J connectivity index is 0.000000604. The van der Waals surface area contributed by atoms with E-state index in [1.54, 1.807) is 0 Å². The summed E-state index contributed by atoms with van der Waals surface area (Å²) in [7, 11) is 0. The highest BCUT2D eigenvalue weighted by atomic mass is 19.4. The Labute approximate surface area is 177 Å². The first-order valence-corrected chi connectivity index (χ1v) is 11.6. The zero-order valence-electron chi connectivity index (χ0n) is 20.0. The van der Waals surface area contributed by atoms with E-state index >= 15 is 0 Å². The minimum atomic E-state index is -4.59. The molecule has 0 bridgehead atoms. The molecule has 2 unspecified atom stereocenters. The van der Waals surface area contributed by atoms with Crippen molar-refractivity contribution in [2.75, 3.05) is 0 Å². The molecule has 5 heteroatoms. The fraction of sp³-hybridized carbons (Fsp3) is 0.958. The normalized spacial score (nSPS) is 19.0. The molecule has 0 spiro atoms. The Kier molecular flexibility index (Phi) is 12.5. The first-order valence-electron chi connectivity index (χ1n) is 11.6. The summed E-state index contributed by atoms with van der Waals surface area (Å²) >= 11 is 0. The van der Waals surface area contributed by atoms with E-state index in [-0.39, 0.29) is 18.3 Å². The molecule has 0 N–H and O–H groups in total. The lowest BCUT2D eigenvalue weighted by atomic mass is 9.83. The lowest BCUT2D eigenvalue weighted by Crippen LogP contribution is -2.45. The molecule has 0 heterocycles. The summed E-state index contributed by atoms with van der Waals surface area (Å²) in [6.07, 6.45) is 5.00. The molecule has 174 valence electrons. The molecular formula is C24H45F3O2. The predicted octanol–water partition coefficient (Wildman–Crippen LogP) is 8.19. The van der Waals surface area contributed by atoms with Crippen molar-refractivity contribution in [2.45, 2.75) is 119 Å². The van der Waals surface area contributed by atoms with E-state index in [4.69, 9.17) is 4.74 Å². The largest absolute Gasteiger partial charge is 0.461 e. The van der Waals surface area contributed by atoms with Crippen LogP contribution < -0.4 is 0 Å². The van der Waals surface area contributed by atoms with Gasteiger partial charge in [0, 0.05) is 0 Å². The molecule has 1 aliphatic rings. The number of alkyl halides is 3. The molecule has 2 atom stereocenters. The van der Waals surface area contributed by atoms with Crippen molar-refractivity contribution in [2.24, 2.45) is 29.1 Å². The zero-order chi connectivity index (χ0) is 22.8. The topological polar surface area (TPSA) is 26.3 Å². The maximum atomic E-state index is 12.9. The van der Waals surface area contributed by atoms with Crippen LogP contribution in [0.4, 0.5) is 13.2 Å². The highest BCUT2D eigenvalue weighted by Crippen LogP contribution is 2.42. The lowest BCUT2D eigenvalue weighted by Gasteiger charge is -2.33. The molecule has 0 aromatic heterocycles. The number of rotatable bonds is 8. The van der Waals surface area contributed by atoms with Crippen LogP contribution in [0, 0.1) is 29.1 Å². The molecule has 0 aromatic carbocycles. The predicted molar refractivity (Wildman–Crippen MR) is 115 cm³/mol. The number of hydrogen-bond acceptors (Lipinski definition) is 2. The smallest absolute Gasteiger partial charge is 0.404 e. The van der Waals surface area contributed by atoms with Gasteiger partial charge in [0.1, 0.15) is 6.10 Å². The summed E-state index contributed by atoms with van der Waals surface area (Å²) in [5.74, 6) is 0.855. The first-order chi connectivity index (χ1) is 13.3. The molecule has 1 saturated carbocycles. The quantitative estimate of drug-likeness (QED) is 0.369. The summed E-state index contributed by atoms with van der Waals surface area (Å²) < 4.78 is 43.8. The molecule has 29 heavy (non-hydrogen) atoms. The lowest BCUT2D eigenvalue weighted by molar-refractivity contribution is -0.235. The SMILES string of the molecule is CCC(C)(C(=O)OC(C(C)C)C(C)C)C(F)(F)F.CCC(C)CC1CCCCC1. The van der Waals surface area contributed by atoms with Gasteiger partial charge in [-0.25, -0.2) is 0 Å². The molecule has 0 saturated heterocycles. The van der Waals surface area contributed by atoms with Crippen LogP contribution in [-0.2, 0) is 9.53 Å². The van der Waals surface area contributed by atoms with Crippen LogP contribution in [0.2, 0.25) is 0 Å². The van der Waals surface area contributed by atoms with Gasteiger partial charge < -0.3 is 4.74 Å². The molecule has 0 aromatic rings. The van der Waals surface area contributed by atoms with E-state index < -0.39 is 23.7 Å². The Morgan fingerprint density at radius 3 is 1.79 bits per heavy atom. The summed E-state index contributed by atoms with van der Waals surface area (Å²) in [6.45, 7) is 14.3. The zero-order valence-corrected chi connectivity index (χ0v) is 20.0. The number of carbonyl (C=O) groups is 1. The van der Waals surface area contributed by atoms with Gasteiger partial charge in [-0.2, -0.15) is 13.2 Å². The monoisotopic (exact) mass is 422 g/mol. The van der Waals surface area contributed by atoms with Crippen molar-refractivity contribution in [1.82, 2.24) is 0 Å². The average Bonchev–Trinajstić information content (AvgIpc) is 2.64. The van der Waals surface area contributed by atoms with Crippen molar-refractivity contribution in [3.63, 3.8) is 0 Å². The maximum Gasteiger partial charge on any atom is 0.404 e. The molecule has 0 amide bonds. The Hall–Kier alpha value is -0.740. The van der Waals surface area contributed by atoms with Gasteiger partial charge in [-0.15, -0.1) is 0 Å². The van der Waals surface area contributed by atoms with Gasteiger partial charge in [0.05, 0.1) is 0 Å². The van der Waals surface area contributed by atoms with Crippen LogP contribution in [0.3, 0.4) is 0 Å². The Morgan fingerprint density at radius 2 is 1.45 bits per heavy atom. The van der Waals surface area contributed by atoms with Gasteiger partial charge in [-0.3, -0.25) is 4.79 Å². The van der Waals surface area contributed by atoms with Crippen LogP contribution in [0.25, 0.3) is 0 Å². The van der Waals surface area contributed by atoms with Gasteiger partial charge in [0.25, 0.3) is 0 Å². The fourth-order valence-electron chi connectivity index (χ4n) is 3.91. The number of hydrogen-bond donors (Lipinski definition) is 0. The third-order valence-corrected chi connectivity index (χ3v) is 6.50. The van der Waals surface area contributed by atoms with Gasteiger partial charge in [0.2, 0.25) is 0 Å². The van der Waals surface area contributed by atoms with Gasteiger partial charge in [0.15, 0.2) is 5.41 Å². The third kappa shape index (κ3) is 9.29. The van der Waals surface area contributed by atoms with E-state index in [0.29, 0.717) is 0 Å². The first kappa shape index (κ1) is 28.3. The van der Waals surface area contributed by atoms with E-state index in [0.717, 1.165) is 18.8 Å². The summed E-state index contributed by atoms with van der Waals surface area (Å²) in [5.41, 5.74) is -2.42. The van der Waals surface area contributed by atoms with Gasteiger partial charge in [-0.05, 0) is 43.4 Å². The van der Waals surface area contributed by atoms with E-state index in [9.17, 15) is 18.0 Å². The third-order valence-electron chi connectivity index (χ3n) is 6.50. The average molecular weight is 423 g/mol.